The standard InChI is InChI=1S/C19H24N2O2/c22-19(18-12-14-4-5-16(18)10-14)20-17-3-1-2-15(11-17)13-21-6-8-23-9-7-21/h1-5,11,14,16,18H,6-10,12-13H2,(H,20,22). The lowest BCUT2D eigenvalue weighted by Crippen LogP contribution is -2.35. The predicted molar refractivity (Wildman–Crippen MR) is 90.0 cm³/mol. The zero-order valence-electron chi connectivity index (χ0n) is 13.4. The van der Waals surface area contributed by atoms with Gasteiger partial charge in [-0.15, -0.1) is 0 Å². The van der Waals surface area contributed by atoms with Gasteiger partial charge in [-0.25, -0.2) is 0 Å². The number of amides is 1. The Bertz CT molecular complexity index is 607. The van der Waals surface area contributed by atoms with Gasteiger partial charge in [-0.2, -0.15) is 0 Å². The van der Waals surface area contributed by atoms with Gasteiger partial charge in [0.05, 0.1) is 13.2 Å². The molecule has 0 radical (unpaired) electrons. The molecule has 1 saturated carbocycles. The highest BCUT2D eigenvalue weighted by Gasteiger charge is 2.39. The molecule has 1 aliphatic heterocycles. The van der Waals surface area contributed by atoms with Crippen LogP contribution < -0.4 is 5.32 Å². The monoisotopic (exact) mass is 312 g/mol. The molecule has 1 aromatic carbocycles. The molecule has 0 spiro atoms. The third-order valence-electron chi connectivity index (χ3n) is 5.32. The van der Waals surface area contributed by atoms with Gasteiger partial charge < -0.3 is 10.1 Å². The van der Waals surface area contributed by atoms with E-state index in [0.717, 1.165) is 51.4 Å². The fourth-order valence-electron chi connectivity index (χ4n) is 4.08. The summed E-state index contributed by atoms with van der Waals surface area (Å²) < 4.78 is 5.39. The van der Waals surface area contributed by atoms with Crippen LogP contribution in [0.5, 0.6) is 0 Å². The number of rotatable bonds is 4. The third kappa shape index (κ3) is 3.33. The number of anilines is 1. The van der Waals surface area contributed by atoms with Gasteiger partial charge in [-0.05, 0) is 42.4 Å². The van der Waals surface area contributed by atoms with Gasteiger partial charge in [0.25, 0.3) is 0 Å². The van der Waals surface area contributed by atoms with Gasteiger partial charge in [0.2, 0.25) is 5.91 Å². The van der Waals surface area contributed by atoms with E-state index in [9.17, 15) is 4.79 Å². The van der Waals surface area contributed by atoms with Crippen molar-refractivity contribution in [2.24, 2.45) is 17.8 Å². The molecule has 2 bridgehead atoms. The highest BCUT2D eigenvalue weighted by molar-refractivity contribution is 5.93. The lowest BCUT2D eigenvalue weighted by Gasteiger charge is -2.26. The third-order valence-corrected chi connectivity index (χ3v) is 5.32. The molecule has 3 unspecified atom stereocenters. The summed E-state index contributed by atoms with van der Waals surface area (Å²) in [5.41, 5.74) is 2.17. The summed E-state index contributed by atoms with van der Waals surface area (Å²) in [4.78, 5) is 14.9. The van der Waals surface area contributed by atoms with Crippen molar-refractivity contribution in [3.63, 3.8) is 0 Å². The fourth-order valence-corrected chi connectivity index (χ4v) is 4.08. The van der Waals surface area contributed by atoms with E-state index < -0.39 is 0 Å². The van der Waals surface area contributed by atoms with Crippen molar-refractivity contribution in [1.29, 1.82) is 0 Å². The van der Waals surface area contributed by atoms with Crippen molar-refractivity contribution in [2.75, 3.05) is 31.6 Å². The van der Waals surface area contributed by atoms with Crippen LogP contribution >= 0.6 is 0 Å². The number of ether oxygens (including phenoxy) is 1. The number of carbonyl (C=O) groups excluding carboxylic acids is 1. The maximum Gasteiger partial charge on any atom is 0.228 e. The first-order chi connectivity index (χ1) is 11.3. The fraction of sp³-hybridized carbons (Fsp3) is 0.526. The Hall–Kier alpha value is -1.65. The van der Waals surface area contributed by atoms with E-state index in [1.807, 2.05) is 12.1 Å². The molecule has 1 heterocycles. The molecule has 0 aromatic heterocycles. The van der Waals surface area contributed by atoms with Crippen molar-refractivity contribution < 1.29 is 9.53 Å². The minimum atomic E-state index is 0.160. The Morgan fingerprint density at radius 3 is 2.83 bits per heavy atom. The van der Waals surface area contributed by atoms with Gasteiger partial charge in [0.15, 0.2) is 0 Å². The minimum Gasteiger partial charge on any atom is -0.379 e. The van der Waals surface area contributed by atoms with Crippen LogP contribution in [0.2, 0.25) is 0 Å². The molecular weight excluding hydrogens is 288 g/mol. The number of carbonyl (C=O) groups is 1. The van der Waals surface area contributed by atoms with E-state index in [1.54, 1.807) is 0 Å². The maximum absolute atomic E-state index is 12.5. The van der Waals surface area contributed by atoms with Gasteiger partial charge in [0.1, 0.15) is 0 Å². The highest BCUT2D eigenvalue weighted by Crippen LogP contribution is 2.43. The number of hydrogen-bond acceptors (Lipinski definition) is 3. The van der Waals surface area contributed by atoms with E-state index in [-0.39, 0.29) is 11.8 Å². The second-order valence-corrected chi connectivity index (χ2v) is 6.96. The molecule has 4 rings (SSSR count). The number of morpholine rings is 1. The second kappa shape index (κ2) is 6.46. The maximum atomic E-state index is 12.5. The van der Waals surface area contributed by atoms with Crippen LogP contribution in [0.1, 0.15) is 18.4 Å². The predicted octanol–water partition coefficient (Wildman–Crippen LogP) is 2.67. The van der Waals surface area contributed by atoms with Crippen LogP contribution in [0.4, 0.5) is 5.69 Å². The van der Waals surface area contributed by atoms with Crippen molar-refractivity contribution in [2.45, 2.75) is 19.4 Å². The van der Waals surface area contributed by atoms with E-state index in [1.165, 1.54) is 5.56 Å². The van der Waals surface area contributed by atoms with Gasteiger partial charge in [0, 0.05) is 31.2 Å². The average molecular weight is 312 g/mol. The van der Waals surface area contributed by atoms with Gasteiger partial charge in [-0.3, -0.25) is 9.69 Å². The van der Waals surface area contributed by atoms with Crippen LogP contribution in [0, 0.1) is 17.8 Å². The topological polar surface area (TPSA) is 41.6 Å². The summed E-state index contributed by atoms with van der Waals surface area (Å²) >= 11 is 0. The van der Waals surface area contributed by atoms with Gasteiger partial charge in [-0.1, -0.05) is 24.3 Å². The number of nitrogens with zero attached hydrogens (tertiary/aromatic N) is 1. The molecule has 4 nitrogen and oxygen atoms in total. The molecule has 1 N–H and O–H groups in total. The molecule has 2 aliphatic carbocycles. The zero-order chi connectivity index (χ0) is 15.6. The molecular formula is C19H24N2O2. The summed E-state index contributed by atoms with van der Waals surface area (Å²) in [5, 5.41) is 3.13. The first-order valence-electron chi connectivity index (χ1n) is 8.66. The molecule has 3 aliphatic rings. The summed E-state index contributed by atoms with van der Waals surface area (Å²) in [6.07, 6.45) is 6.68. The summed E-state index contributed by atoms with van der Waals surface area (Å²) in [5.74, 6) is 1.43. The van der Waals surface area contributed by atoms with Crippen LogP contribution in [-0.2, 0) is 16.1 Å². The molecule has 1 aromatic rings. The largest absolute Gasteiger partial charge is 0.379 e. The number of hydrogen-bond donors (Lipinski definition) is 1. The van der Waals surface area contributed by atoms with Crippen molar-refractivity contribution >= 4 is 11.6 Å². The number of allylic oxidation sites excluding steroid dienone is 2. The number of nitrogens with one attached hydrogen (secondary N) is 1. The van der Waals surface area contributed by atoms with Crippen LogP contribution in [0.3, 0.4) is 0 Å². The summed E-state index contributed by atoms with van der Waals surface area (Å²) in [6, 6.07) is 8.26. The smallest absolute Gasteiger partial charge is 0.228 e. The molecule has 3 atom stereocenters. The summed E-state index contributed by atoms with van der Waals surface area (Å²) in [7, 11) is 0. The van der Waals surface area contributed by atoms with Crippen molar-refractivity contribution in [3.05, 3.63) is 42.0 Å². The summed E-state index contributed by atoms with van der Waals surface area (Å²) in [6.45, 7) is 4.51. The van der Waals surface area contributed by atoms with E-state index in [0.29, 0.717) is 11.8 Å². The first-order valence-corrected chi connectivity index (χ1v) is 8.66. The zero-order valence-corrected chi connectivity index (χ0v) is 13.4. The number of benzene rings is 1. The van der Waals surface area contributed by atoms with E-state index >= 15 is 0 Å². The molecule has 1 amide bonds. The minimum absolute atomic E-state index is 0.160. The Kier molecular flexibility index (Phi) is 4.19. The first kappa shape index (κ1) is 14.9. The number of fused-ring (bicyclic) bond motifs is 2. The van der Waals surface area contributed by atoms with E-state index in [2.05, 4.69) is 34.5 Å². The average Bonchev–Trinajstić information content (AvgIpc) is 3.19. The molecule has 4 heteroatoms. The highest BCUT2D eigenvalue weighted by atomic mass is 16.5. The Balaban J connectivity index is 1.38. The SMILES string of the molecule is O=C(Nc1cccc(CN2CCOCC2)c1)C1CC2C=CC1C2. The molecule has 1 saturated heterocycles. The van der Waals surface area contributed by atoms with Crippen LogP contribution in [-0.4, -0.2) is 37.1 Å². The van der Waals surface area contributed by atoms with Crippen LogP contribution in [0.15, 0.2) is 36.4 Å². The molecule has 122 valence electrons. The van der Waals surface area contributed by atoms with Crippen molar-refractivity contribution in [3.8, 4) is 0 Å². The van der Waals surface area contributed by atoms with Crippen LogP contribution in [0.25, 0.3) is 0 Å². The Labute approximate surface area is 137 Å². The molecule has 2 fully saturated rings. The lowest BCUT2D eigenvalue weighted by molar-refractivity contribution is -0.120. The van der Waals surface area contributed by atoms with Gasteiger partial charge >= 0.3 is 0 Å². The molecule has 23 heavy (non-hydrogen) atoms. The Morgan fingerprint density at radius 2 is 2.09 bits per heavy atom. The van der Waals surface area contributed by atoms with E-state index in [4.69, 9.17) is 4.74 Å². The lowest BCUT2D eigenvalue weighted by atomic mass is 9.93. The quantitative estimate of drug-likeness (QED) is 0.869. The second-order valence-electron chi connectivity index (χ2n) is 6.96. The normalized spacial score (nSPS) is 29.8. The Morgan fingerprint density at radius 1 is 1.22 bits per heavy atom. The van der Waals surface area contributed by atoms with Crippen molar-refractivity contribution in [1.82, 2.24) is 4.90 Å².